The van der Waals surface area contributed by atoms with Crippen LogP contribution in [0, 0.1) is 0 Å². The fourth-order valence-corrected chi connectivity index (χ4v) is 5.11. The van der Waals surface area contributed by atoms with Crippen LogP contribution in [0.2, 0.25) is 5.02 Å². The van der Waals surface area contributed by atoms with Crippen LogP contribution in [-0.2, 0) is 44.5 Å². The number of carbonyl (C=O) groups excluding carboxylic acids is 2. The van der Waals surface area contributed by atoms with Gasteiger partial charge in [0.1, 0.15) is 18.5 Å². The average Bonchev–Trinajstić information content (AvgIpc) is 3.21. The van der Waals surface area contributed by atoms with Crippen molar-refractivity contribution in [2.45, 2.75) is 37.4 Å². The fourth-order valence-electron chi connectivity index (χ4n) is 3.24. The van der Waals surface area contributed by atoms with Crippen LogP contribution in [0.15, 0.2) is 48.5 Å². The highest BCUT2D eigenvalue weighted by atomic mass is 35.5. The van der Waals surface area contributed by atoms with E-state index in [4.69, 9.17) is 52.2 Å². The van der Waals surface area contributed by atoms with Gasteiger partial charge in [0.25, 0.3) is 5.24 Å². The van der Waals surface area contributed by atoms with E-state index in [0.717, 1.165) is 22.9 Å². The van der Waals surface area contributed by atoms with Crippen LogP contribution >= 0.6 is 31.2 Å². The second-order valence-corrected chi connectivity index (χ2v) is 12.3. The first-order chi connectivity index (χ1) is 18.7. The number of amides is 2. The Morgan fingerprint density at radius 2 is 1.73 bits per heavy atom. The maximum atomic E-state index is 12.4. The van der Waals surface area contributed by atoms with Gasteiger partial charge in [-0.05, 0) is 48.2 Å². The summed E-state index contributed by atoms with van der Waals surface area (Å²) in [6.45, 7) is 1.92. The third-order valence-corrected chi connectivity index (χ3v) is 7.68. The first kappa shape index (κ1) is 34.2. The Morgan fingerprint density at radius 3 is 2.23 bits per heavy atom. The summed E-state index contributed by atoms with van der Waals surface area (Å²) in [7, 11) is -5.96. The smallest absolute Gasteiger partial charge is 0.476 e. The third kappa shape index (κ3) is 12.2. The standard InChI is InChI=1S/C23H27ClNO8PS.H2O4S/c1-4-21(33-34(28,29-2)30-3)32-19(16-6-5-7-17(24)13-16)14-31-18-10-8-15(9-11-18)12-20-22(26)25-23(27)35-20;1-5(2,3)4/h5-11,13,19-21H,4,12,14H2,1-3H3,(H,25,26,27);(H2,1,2,3,4). The van der Waals surface area contributed by atoms with Crippen LogP contribution in [0.5, 0.6) is 5.75 Å². The second kappa shape index (κ2) is 15.8. The van der Waals surface area contributed by atoms with Gasteiger partial charge in [-0.2, -0.15) is 8.42 Å². The minimum absolute atomic E-state index is 0.110. The Hall–Kier alpha value is -2.04. The Kier molecular flexibility index (Phi) is 13.5. The van der Waals surface area contributed by atoms with Crippen LogP contribution in [0.4, 0.5) is 4.79 Å². The van der Waals surface area contributed by atoms with Crippen LogP contribution in [-0.4, -0.2) is 61.0 Å². The number of hydrogen-bond donors (Lipinski definition) is 3. The SMILES string of the molecule is CCC(OC(COc1ccc(CC2SC(=O)NC2=O)cc1)c1cccc(Cl)c1)OP(=O)(OC)OC.O=S(=O)(O)O. The van der Waals surface area contributed by atoms with E-state index in [1.165, 1.54) is 14.2 Å². The highest BCUT2D eigenvalue weighted by Crippen LogP contribution is 2.49. The van der Waals surface area contributed by atoms with Crippen LogP contribution in [0.25, 0.3) is 0 Å². The van der Waals surface area contributed by atoms with E-state index in [2.05, 4.69) is 5.32 Å². The summed E-state index contributed by atoms with van der Waals surface area (Å²) >= 11 is 7.16. The lowest BCUT2D eigenvalue weighted by Crippen LogP contribution is -2.25. The zero-order valence-corrected chi connectivity index (χ0v) is 24.9. The molecule has 3 atom stereocenters. The van der Waals surface area contributed by atoms with Gasteiger partial charge in [-0.15, -0.1) is 0 Å². The molecular formula is C23H29ClNO12PS2. The van der Waals surface area contributed by atoms with Gasteiger partial charge in [0.2, 0.25) is 5.91 Å². The summed E-state index contributed by atoms with van der Waals surface area (Å²) in [5.41, 5.74) is 1.64. The summed E-state index contributed by atoms with van der Waals surface area (Å²) in [4.78, 5) is 23.1. The Bertz CT molecular complexity index is 1280. The quantitative estimate of drug-likeness (QED) is 0.153. The summed E-state index contributed by atoms with van der Waals surface area (Å²) in [5.74, 6) is 0.304. The molecular weight excluding hydrogens is 613 g/mol. The van der Waals surface area contributed by atoms with Gasteiger partial charge >= 0.3 is 18.2 Å². The number of carbonyl (C=O) groups is 2. The molecule has 13 nitrogen and oxygen atoms in total. The lowest BCUT2D eigenvalue weighted by atomic mass is 10.1. The Labute approximate surface area is 241 Å². The fraction of sp³-hybridized carbons (Fsp3) is 0.391. The Balaban J connectivity index is 0.00000103. The zero-order chi connectivity index (χ0) is 29.9. The molecule has 3 N–H and O–H groups in total. The second-order valence-electron chi connectivity index (χ2n) is 7.93. The molecule has 2 aromatic rings. The molecule has 0 spiro atoms. The summed E-state index contributed by atoms with van der Waals surface area (Å²) < 4.78 is 71.2. The molecule has 2 amide bonds. The highest BCUT2D eigenvalue weighted by molar-refractivity contribution is 8.15. The van der Waals surface area contributed by atoms with Crippen molar-refractivity contribution in [3.63, 3.8) is 0 Å². The average molecular weight is 642 g/mol. The van der Waals surface area contributed by atoms with E-state index >= 15 is 0 Å². The van der Waals surface area contributed by atoms with Crippen molar-refractivity contribution >= 4 is 52.7 Å². The van der Waals surface area contributed by atoms with Gasteiger partial charge in [0.15, 0.2) is 6.29 Å². The van der Waals surface area contributed by atoms with Gasteiger partial charge in [-0.3, -0.25) is 37.6 Å². The molecule has 0 saturated carbocycles. The van der Waals surface area contributed by atoms with E-state index < -0.39 is 35.9 Å². The number of phosphoric ester groups is 1. The molecule has 2 aromatic carbocycles. The largest absolute Gasteiger partial charge is 0.491 e. The normalized spacial score (nSPS) is 17.0. The number of phosphoric acid groups is 1. The molecule has 0 aliphatic carbocycles. The topological polar surface area (TPSA) is 184 Å². The van der Waals surface area contributed by atoms with Crippen molar-refractivity contribution in [3.05, 3.63) is 64.7 Å². The zero-order valence-electron chi connectivity index (χ0n) is 21.6. The molecule has 1 heterocycles. The van der Waals surface area contributed by atoms with Crippen LogP contribution < -0.4 is 10.1 Å². The molecule has 222 valence electrons. The van der Waals surface area contributed by atoms with Crippen molar-refractivity contribution in [3.8, 4) is 5.75 Å². The first-order valence-electron chi connectivity index (χ1n) is 11.5. The van der Waals surface area contributed by atoms with Crippen molar-refractivity contribution in [1.29, 1.82) is 0 Å². The van der Waals surface area contributed by atoms with E-state index in [-0.39, 0.29) is 17.8 Å². The predicted molar refractivity (Wildman–Crippen MR) is 147 cm³/mol. The monoisotopic (exact) mass is 641 g/mol. The van der Waals surface area contributed by atoms with Gasteiger partial charge in [0.05, 0.1) is 5.25 Å². The number of ether oxygens (including phenoxy) is 2. The molecule has 1 saturated heterocycles. The lowest BCUT2D eigenvalue weighted by molar-refractivity contribution is -0.142. The number of imide groups is 1. The molecule has 0 bridgehead atoms. The van der Waals surface area contributed by atoms with E-state index in [1.54, 1.807) is 30.3 Å². The lowest BCUT2D eigenvalue weighted by Gasteiger charge is -2.26. The maximum Gasteiger partial charge on any atom is 0.476 e. The van der Waals surface area contributed by atoms with Crippen LogP contribution in [0.1, 0.15) is 30.6 Å². The third-order valence-electron chi connectivity index (χ3n) is 5.08. The van der Waals surface area contributed by atoms with Gasteiger partial charge in [-0.25, -0.2) is 4.57 Å². The van der Waals surface area contributed by atoms with Crippen molar-refractivity contribution in [2.24, 2.45) is 0 Å². The van der Waals surface area contributed by atoms with E-state index in [1.807, 2.05) is 25.1 Å². The first-order valence-corrected chi connectivity index (χ1v) is 15.6. The summed E-state index contributed by atoms with van der Waals surface area (Å²) in [6.07, 6.45) is -0.693. The molecule has 40 heavy (non-hydrogen) atoms. The van der Waals surface area contributed by atoms with Crippen molar-refractivity contribution in [1.82, 2.24) is 5.32 Å². The van der Waals surface area contributed by atoms with E-state index in [0.29, 0.717) is 23.6 Å². The molecule has 3 unspecified atom stereocenters. The predicted octanol–water partition coefficient (Wildman–Crippen LogP) is 4.87. The molecule has 1 aliphatic heterocycles. The molecule has 3 rings (SSSR count). The molecule has 1 fully saturated rings. The summed E-state index contributed by atoms with van der Waals surface area (Å²) in [5, 5.41) is 2.06. The molecule has 1 aliphatic rings. The number of hydrogen-bond acceptors (Lipinski definition) is 11. The number of benzene rings is 2. The molecule has 0 radical (unpaired) electrons. The van der Waals surface area contributed by atoms with Crippen molar-refractivity contribution in [2.75, 3.05) is 20.8 Å². The number of nitrogens with one attached hydrogen (secondary N) is 1. The molecule has 17 heteroatoms. The number of thioether (sulfide) groups is 1. The minimum atomic E-state index is -4.67. The van der Waals surface area contributed by atoms with Gasteiger partial charge in [-0.1, -0.05) is 54.6 Å². The van der Waals surface area contributed by atoms with Crippen LogP contribution in [0.3, 0.4) is 0 Å². The molecule has 0 aromatic heterocycles. The van der Waals surface area contributed by atoms with Gasteiger partial charge < -0.3 is 9.47 Å². The van der Waals surface area contributed by atoms with Crippen molar-refractivity contribution < 1.29 is 54.7 Å². The number of rotatable bonds is 13. The van der Waals surface area contributed by atoms with Gasteiger partial charge in [0, 0.05) is 19.2 Å². The van der Waals surface area contributed by atoms with E-state index in [9.17, 15) is 14.2 Å². The number of halogens is 1. The summed E-state index contributed by atoms with van der Waals surface area (Å²) in [6, 6.07) is 14.4. The Morgan fingerprint density at radius 1 is 1.10 bits per heavy atom. The highest BCUT2D eigenvalue weighted by Gasteiger charge is 2.32. The minimum Gasteiger partial charge on any atom is -0.491 e. The maximum absolute atomic E-state index is 12.4.